The average molecular weight is 601 g/mol. The van der Waals surface area contributed by atoms with Gasteiger partial charge in [-0.15, -0.1) is 0 Å². The number of aromatic nitrogens is 2. The number of fused-ring (bicyclic) bond motifs is 4. The molecule has 0 unspecified atom stereocenters. The van der Waals surface area contributed by atoms with E-state index in [2.05, 4.69) is 121 Å². The summed E-state index contributed by atoms with van der Waals surface area (Å²) in [7, 11) is 0. The molecule has 0 aliphatic heterocycles. The van der Waals surface area contributed by atoms with E-state index in [-0.39, 0.29) is 0 Å². The second kappa shape index (κ2) is 11.2. The SMILES string of the molecule is c1ccc(-c2cc(-c3ccc(-c4ccc(-c5cccc6ccccc56)cc4)c4oc5ccccc5c34)nc(-c3ccccc3)n2)cc1. The first-order valence-corrected chi connectivity index (χ1v) is 15.8. The Kier molecular flexibility index (Phi) is 6.46. The lowest BCUT2D eigenvalue weighted by molar-refractivity contribution is 0.670. The second-order valence-corrected chi connectivity index (χ2v) is 11.8. The Labute approximate surface area is 272 Å². The minimum atomic E-state index is 0.691. The van der Waals surface area contributed by atoms with E-state index in [1.54, 1.807) is 0 Å². The Bertz CT molecular complexity index is 2490. The number of hydrogen-bond donors (Lipinski definition) is 0. The predicted octanol–water partition coefficient (Wildman–Crippen LogP) is 11.9. The molecule has 7 aromatic carbocycles. The molecule has 0 N–H and O–H groups in total. The number of hydrogen-bond acceptors (Lipinski definition) is 3. The molecule has 9 rings (SSSR count). The van der Waals surface area contributed by atoms with E-state index in [0.29, 0.717) is 5.82 Å². The third-order valence-corrected chi connectivity index (χ3v) is 8.93. The van der Waals surface area contributed by atoms with Crippen LogP contribution in [-0.2, 0) is 0 Å². The molecule has 47 heavy (non-hydrogen) atoms. The number of benzene rings is 7. The van der Waals surface area contributed by atoms with E-state index in [1.165, 1.54) is 21.9 Å². The van der Waals surface area contributed by atoms with Gasteiger partial charge in [0.05, 0.1) is 11.4 Å². The zero-order valence-corrected chi connectivity index (χ0v) is 25.5. The molecule has 2 aromatic heterocycles. The summed E-state index contributed by atoms with van der Waals surface area (Å²) >= 11 is 0. The molecule has 220 valence electrons. The van der Waals surface area contributed by atoms with Crippen LogP contribution in [0.5, 0.6) is 0 Å². The molecule has 3 nitrogen and oxygen atoms in total. The number of para-hydroxylation sites is 1. The quantitative estimate of drug-likeness (QED) is 0.197. The lowest BCUT2D eigenvalue weighted by Crippen LogP contribution is -1.96. The topological polar surface area (TPSA) is 38.9 Å². The van der Waals surface area contributed by atoms with Crippen LogP contribution in [-0.4, -0.2) is 9.97 Å². The third-order valence-electron chi connectivity index (χ3n) is 8.93. The van der Waals surface area contributed by atoms with E-state index in [4.69, 9.17) is 14.4 Å². The van der Waals surface area contributed by atoms with E-state index in [9.17, 15) is 0 Å². The van der Waals surface area contributed by atoms with E-state index < -0.39 is 0 Å². The fourth-order valence-corrected chi connectivity index (χ4v) is 6.63. The van der Waals surface area contributed by atoms with Crippen LogP contribution < -0.4 is 0 Å². The zero-order chi connectivity index (χ0) is 31.2. The van der Waals surface area contributed by atoms with Crippen molar-refractivity contribution >= 4 is 32.7 Å². The van der Waals surface area contributed by atoms with Crippen LogP contribution in [0.4, 0.5) is 0 Å². The molecular weight excluding hydrogens is 572 g/mol. The molecule has 0 saturated carbocycles. The maximum atomic E-state index is 6.66. The molecular formula is C44H28N2O. The van der Waals surface area contributed by atoms with Crippen LogP contribution in [0.25, 0.3) is 88.9 Å². The minimum absolute atomic E-state index is 0.691. The number of rotatable bonds is 5. The normalized spacial score (nSPS) is 11.4. The molecule has 0 radical (unpaired) electrons. The van der Waals surface area contributed by atoms with Crippen molar-refractivity contribution in [1.29, 1.82) is 0 Å². The van der Waals surface area contributed by atoms with Gasteiger partial charge in [0, 0.05) is 33.0 Å². The van der Waals surface area contributed by atoms with Crippen molar-refractivity contribution in [3.05, 3.63) is 170 Å². The largest absolute Gasteiger partial charge is 0.455 e. The number of furan rings is 1. The van der Waals surface area contributed by atoms with Crippen LogP contribution in [0.3, 0.4) is 0 Å². The van der Waals surface area contributed by atoms with Crippen molar-refractivity contribution in [1.82, 2.24) is 9.97 Å². The van der Waals surface area contributed by atoms with Gasteiger partial charge in [0.2, 0.25) is 0 Å². The van der Waals surface area contributed by atoms with Crippen LogP contribution in [0, 0.1) is 0 Å². The van der Waals surface area contributed by atoms with Gasteiger partial charge in [0.15, 0.2) is 5.82 Å². The highest BCUT2D eigenvalue weighted by atomic mass is 16.3. The summed E-state index contributed by atoms with van der Waals surface area (Å²) in [4.78, 5) is 10.2. The van der Waals surface area contributed by atoms with Gasteiger partial charge in [-0.2, -0.15) is 0 Å². The maximum absolute atomic E-state index is 6.66. The summed E-state index contributed by atoms with van der Waals surface area (Å²) in [6, 6.07) is 59.0. The Morgan fingerprint density at radius 1 is 0.383 bits per heavy atom. The minimum Gasteiger partial charge on any atom is -0.455 e. The highest BCUT2D eigenvalue weighted by Gasteiger charge is 2.20. The molecule has 0 aliphatic carbocycles. The molecule has 0 spiro atoms. The fourth-order valence-electron chi connectivity index (χ4n) is 6.63. The smallest absolute Gasteiger partial charge is 0.160 e. The van der Waals surface area contributed by atoms with Gasteiger partial charge in [-0.1, -0.05) is 152 Å². The Morgan fingerprint density at radius 2 is 0.979 bits per heavy atom. The van der Waals surface area contributed by atoms with Crippen molar-refractivity contribution in [2.75, 3.05) is 0 Å². The summed E-state index contributed by atoms with van der Waals surface area (Å²) in [6.07, 6.45) is 0. The molecule has 0 bridgehead atoms. The standard InChI is InChI=1S/C44H28N2O/c1-3-13-32(14-4-1)39-28-40(46-44(45-39)33-15-5-2-6-16-33)37-27-26-36(43-42(37)38-19-9-10-21-41(38)47-43)31-24-22-30(23-25-31)35-20-11-17-29-12-7-8-18-34(29)35/h1-28H. The van der Waals surface area contributed by atoms with Crippen molar-refractivity contribution in [2.24, 2.45) is 0 Å². The Morgan fingerprint density at radius 3 is 1.77 bits per heavy atom. The average Bonchev–Trinajstić information content (AvgIpc) is 3.55. The second-order valence-electron chi connectivity index (χ2n) is 11.8. The summed E-state index contributed by atoms with van der Waals surface area (Å²) < 4.78 is 6.66. The van der Waals surface area contributed by atoms with Crippen molar-refractivity contribution in [3.63, 3.8) is 0 Å². The lowest BCUT2D eigenvalue weighted by atomic mass is 9.94. The van der Waals surface area contributed by atoms with Crippen molar-refractivity contribution in [3.8, 4) is 56.2 Å². The summed E-state index contributed by atoms with van der Waals surface area (Å²) in [5.74, 6) is 0.691. The van der Waals surface area contributed by atoms with Gasteiger partial charge < -0.3 is 4.42 Å². The van der Waals surface area contributed by atoms with Crippen LogP contribution in [0.2, 0.25) is 0 Å². The molecule has 0 atom stereocenters. The van der Waals surface area contributed by atoms with Gasteiger partial charge in [-0.3, -0.25) is 0 Å². The predicted molar refractivity (Wildman–Crippen MR) is 194 cm³/mol. The van der Waals surface area contributed by atoms with Gasteiger partial charge in [-0.25, -0.2) is 9.97 Å². The van der Waals surface area contributed by atoms with E-state index >= 15 is 0 Å². The fraction of sp³-hybridized carbons (Fsp3) is 0. The van der Waals surface area contributed by atoms with Crippen LogP contribution >= 0.6 is 0 Å². The molecule has 0 fully saturated rings. The molecule has 3 heteroatoms. The number of nitrogens with zero attached hydrogens (tertiary/aromatic N) is 2. The van der Waals surface area contributed by atoms with Crippen molar-refractivity contribution in [2.45, 2.75) is 0 Å². The maximum Gasteiger partial charge on any atom is 0.160 e. The first-order chi connectivity index (χ1) is 23.3. The molecule has 0 aliphatic rings. The Hall–Kier alpha value is -6.32. The third kappa shape index (κ3) is 4.77. The van der Waals surface area contributed by atoms with Gasteiger partial charge in [0.25, 0.3) is 0 Å². The van der Waals surface area contributed by atoms with E-state index in [1.807, 2.05) is 48.5 Å². The lowest BCUT2D eigenvalue weighted by Gasteiger charge is -2.12. The van der Waals surface area contributed by atoms with Gasteiger partial charge in [-0.05, 0) is 45.7 Å². The van der Waals surface area contributed by atoms with Gasteiger partial charge in [0.1, 0.15) is 11.2 Å². The monoisotopic (exact) mass is 600 g/mol. The molecule has 0 saturated heterocycles. The first kappa shape index (κ1) is 27.0. The highest BCUT2D eigenvalue weighted by Crippen LogP contribution is 2.42. The molecule has 2 heterocycles. The Balaban J connectivity index is 1.23. The summed E-state index contributed by atoms with van der Waals surface area (Å²) in [6.45, 7) is 0. The van der Waals surface area contributed by atoms with Crippen LogP contribution in [0.1, 0.15) is 0 Å². The zero-order valence-electron chi connectivity index (χ0n) is 25.5. The first-order valence-electron chi connectivity index (χ1n) is 15.8. The summed E-state index contributed by atoms with van der Waals surface area (Å²) in [5, 5.41) is 4.60. The van der Waals surface area contributed by atoms with E-state index in [0.717, 1.165) is 61.1 Å². The molecule has 9 aromatic rings. The van der Waals surface area contributed by atoms with Crippen molar-refractivity contribution < 1.29 is 4.42 Å². The highest BCUT2D eigenvalue weighted by molar-refractivity contribution is 6.16. The van der Waals surface area contributed by atoms with Gasteiger partial charge >= 0.3 is 0 Å². The molecule has 0 amide bonds. The summed E-state index contributed by atoms with van der Waals surface area (Å²) in [5.41, 5.74) is 11.0. The van der Waals surface area contributed by atoms with Crippen LogP contribution in [0.15, 0.2) is 174 Å².